The molecule has 0 aromatic rings. The van der Waals surface area contributed by atoms with Crippen molar-refractivity contribution in [2.24, 2.45) is 5.92 Å². The Morgan fingerprint density at radius 2 is 1.89 bits per heavy atom. The van der Waals surface area contributed by atoms with Crippen LogP contribution in [0.25, 0.3) is 0 Å². The van der Waals surface area contributed by atoms with E-state index >= 15 is 0 Å². The number of carbonyl (C=O) groups excluding carboxylic acids is 2. The summed E-state index contributed by atoms with van der Waals surface area (Å²) in [5.41, 5.74) is 0. The molecule has 2 N–H and O–H groups in total. The zero-order valence-electron chi connectivity index (χ0n) is 10.6. The molecule has 0 spiro atoms. The zero-order valence-corrected chi connectivity index (χ0v) is 10.6. The van der Waals surface area contributed by atoms with Gasteiger partial charge in [-0.2, -0.15) is 0 Å². The molecule has 0 rings (SSSR count). The summed E-state index contributed by atoms with van der Waals surface area (Å²) in [5, 5.41) is 22.2. The third-order valence-electron chi connectivity index (χ3n) is 2.39. The quantitative estimate of drug-likeness (QED) is 0.355. The molecule has 0 aliphatic rings. The summed E-state index contributed by atoms with van der Waals surface area (Å²) in [7, 11) is 0. The molecular formula is C11H20O7. The van der Waals surface area contributed by atoms with E-state index in [0.717, 1.165) is 0 Å². The van der Waals surface area contributed by atoms with Gasteiger partial charge in [-0.15, -0.1) is 0 Å². The van der Waals surface area contributed by atoms with Gasteiger partial charge in [-0.3, -0.25) is 9.78 Å². The van der Waals surface area contributed by atoms with E-state index < -0.39 is 24.0 Å². The Hall–Kier alpha value is -1.18. The molecule has 0 saturated carbocycles. The molecule has 7 heteroatoms. The highest BCUT2D eigenvalue weighted by Gasteiger charge is 2.24. The lowest BCUT2D eigenvalue weighted by atomic mass is 10.00. The molecule has 0 heterocycles. The topological polar surface area (TPSA) is 102 Å². The van der Waals surface area contributed by atoms with E-state index in [0.29, 0.717) is 19.3 Å². The van der Waals surface area contributed by atoms with Gasteiger partial charge < -0.3 is 10.2 Å². The number of hydrogen-bond donors (Lipinski definition) is 2. The van der Waals surface area contributed by atoms with Crippen LogP contribution in [-0.2, 0) is 24.4 Å². The van der Waals surface area contributed by atoms with Crippen molar-refractivity contribution in [2.45, 2.75) is 45.6 Å². The second kappa shape index (κ2) is 9.81. The first-order valence-corrected chi connectivity index (χ1v) is 5.89. The number of hydrogen-bond acceptors (Lipinski definition) is 7. The van der Waals surface area contributed by atoms with Crippen LogP contribution in [0.15, 0.2) is 0 Å². The van der Waals surface area contributed by atoms with E-state index in [4.69, 9.17) is 5.11 Å². The normalized spacial score (nSPS) is 13.8. The third kappa shape index (κ3) is 7.21. The summed E-state index contributed by atoms with van der Waals surface area (Å²) < 4.78 is 0. The van der Waals surface area contributed by atoms with Gasteiger partial charge in [0.2, 0.25) is 0 Å². The van der Waals surface area contributed by atoms with Gasteiger partial charge in [-0.05, 0) is 26.2 Å². The lowest BCUT2D eigenvalue weighted by Crippen LogP contribution is -2.27. The highest BCUT2D eigenvalue weighted by molar-refractivity contribution is 5.72. The Kier molecular flexibility index (Phi) is 9.17. The van der Waals surface area contributed by atoms with Crippen molar-refractivity contribution >= 4 is 11.9 Å². The summed E-state index contributed by atoms with van der Waals surface area (Å²) in [5.74, 6) is -2.29. The van der Waals surface area contributed by atoms with Gasteiger partial charge in [0.25, 0.3) is 0 Å². The van der Waals surface area contributed by atoms with Crippen molar-refractivity contribution < 1.29 is 34.6 Å². The minimum Gasteiger partial charge on any atom is -0.396 e. The van der Waals surface area contributed by atoms with Crippen LogP contribution in [0.2, 0.25) is 0 Å². The molecule has 0 fully saturated rings. The van der Waals surface area contributed by atoms with Gasteiger partial charge in [-0.1, -0.05) is 6.92 Å². The maximum Gasteiger partial charge on any atom is 0.352 e. The lowest BCUT2D eigenvalue weighted by Gasteiger charge is -2.15. The van der Waals surface area contributed by atoms with Gasteiger partial charge in [0, 0.05) is 18.1 Å². The van der Waals surface area contributed by atoms with Gasteiger partial charge in [0.1, 0.15) is 0 Å². The fourth-order valence-electron chi connectivity index (χ4n) is 1.10. The molecule has 0 aromatic heterocycles. The first-order valence-electron chi connectivity index (χ1n) is 5.89. The van der Waals surface area contributed by atoms with Crippen LogP contribution < -0.4 is 0 Å². The van der Waals surface area contributed by atoms with E-state index in [1.54, 1.807) is 6.92 Å². The van der Waals surface area contributed by atoms with Crippen molar-refractivity contribution in [1.82, 2.24) is 0 Å². The number of rotatable bonds is 9. The molecule has 0 radical (unpaired) electrons. The summed E-state index contributed by atoms with van der Waals surface area (Å²) in [6.07, 6.45) is 0.724. The van der Waals surface area contributed by atoms with Crippen LogP contribution in [0, 0.1) is 5.92 Å². The molecule has 18 heavy (non-hydrogen) atoms. The van der Waals surface area contributed by atoms with Crippen LogP contribution in [0.5, 0.6) is 0 Å². The second-order valence-corrected chi connectivity index (χ2v) is 3.85. The van der Waals surface area contributed by atoms with Gasteiger partial charge >= 0.3 is 11.9 Å². The van der Waals surface area contributed by atoms with E-state index in [1.807, 2.05) is 0 Å². The lowest BCUT2D eigenvalue weighted by molar-refractivity contribution is -0.460. The summed E-state index contributed by atoms with van der Waals surface area (Å²) in [6.45, 7) is 3.07. The Balaban J connectivity index is 3.83. The van der Waals surface area contributed by atoms with Gasteiger partial charge in [-0.25, -0.2) is 9.59 Å². The van der Waals surface area contributed by atoms with E-state index in [-0.39, 0.29) is 13.0 Å². The van der Waals surface area contributed by atoms with Crippen molar-refractivity contribution in [3.05, 3.63) is 0 Å². The standard InChI is InChI=1S/C11H20O7/c1-3-10(14)16-18-17-11(15)8(2)9(13)6-4-5-7-12/h8-9,12-13H,3-7H2,1-2H3. The molecule has 2 atom stereocenters. The van der Waals surface area contributed by atoms with Crippen molar-refractivity contribution in [3.63, 3.8) is 0 Å². The Bertz CT molecular complexity index is 254. The molecule has 106 valence electrons. The predicted octanol–water partition coefficient (Wildman–Crippen LogP) is 0.489. The Morgan fingerprint density at radius 3 is 2.44 bits per heavy atom. The van der Waals surface area contributed by atoms with Crippen molar-refractivity contribution in [1.29, 1.82) is 0 Å². The average molecular weight is 264 g/mol. The van der Waals surface area contributed by atoms with Gasteiger partial charge in [0.05, 0.1) is 12.0 Å². The number of carbonyl (C=O) groups is 2. The first kappa shape index (κ1) is 16.8. The van der Waals surface area contributed by atoms with Crippen LogP contribution in [0.1, 0.15) is 39.5 Å². The number of aliphatic hydroxyl groups excluding tert-OH is 2. The average Bonchev–Trinajstić information content (AvgIpc) is 2.37. The number of aliphatic hydroxyl groups is 2. The van der Waals surface area contributed by atoms with E-state index in [2.05, 4.69) is 14.8 Å². The fraction of sp³-hybridized carbons (Fsp3) is 0.818. The molecule has 0 aliphatic carbocycles. The molecule has 0 aliphatic heterocycles. The van der Waals surface area contributed by atoms with Crippen molar-refractivity contribution in [3.8, 4) is 0 Å². The Labute approximate surface area is 105 Å². The second-order valence-electron chi connectivity index (χ2n) is 3.85. The van der Waals surface area contributed by atoms with E-state index in [1.165, 1.54) is 6.92 Å². The van der Waals surface area contributed by atoms with E-state index in [9.17, 15) is 14.7 Å². The minimum atomic E-state index is -0.894. The van der Waals surface area contributed by atoms with Crippen LogP contribution in [0.3, 0.4) is 0 Å². The zero-order chi connectivity index (χ0) is 14.0. The first-order chi connectivity index (χ1) is 8.52. The maximum atomic E-state index is 11.3. The minimum absolute atomic E-state index is 0.0433. The Morgan fingerprint density at radius 1 is 1.22 bits per heavy atom. The molecule has 0 aromatic carbocycles. The number of unbranched alkanes of at least 4 members (excludes halogenated alkanes) is 1. The predicted molar refractivity (Wildman–Crippen MR) is 59.7 cm³/mol. The SMILES string of the molecule is CCC(=O)OOOC(=O)C(C)C(O)CCCCO. The smallest absolute Gasteiger partial charge is 0.352 e. The summed E-state index contributed by atoms with van der Waals surface area (Å²) in [6, 6.07) is 0. The van der Waals surface area contributed by atoms with Gasteiger partial charge in [0.15, 0.2) is 0 Å². The molecule has 0 saturated heterocycles. The van der Waals surface area contributed by atoms with Crippen LogP contribution in [0.4, 0.5) is 0 Å². The molecule has 0 amide bonds. The third-order valence-corrected chi connectivity index (χ3v) is 2.39. The monoisotopic (exact) mass is 264 g/mol. The molecule has 7 nitrogen and oxygen atoms in total. The molecule has 0 bridgehead atoms. The van der Waals surface area contributed by atoms with Crippen LogP contribution >= 0.6 is 0 Å². The highest BCUT2D eigenvalue weighted by Crippen LogP contribution is 2.12. The molecule has 2 unspecified atom stereocenters. The van der Waals surface area contributed by atoms with Crippen LogP contribution in [-0.4, -0.2) is 34.9 Å². The largest absolute Gasteiger partial charge is 0.396 e. The summed E-state index contributed by atoms with van der Waals surface area (Å²) >= 11 is 0. The fourth-order valence-corrected chi connectivity index (χ4v) is 1.10. The highest BCUT2D eigenvalue weighted by atomic mass is 17.5. The van der Waals surface area contributed by atoms with Crippen molar-refractivity contribution in [2.75, 3.05) is 6.61 Å². The summed E-state index contributed by atoms with van der Waals surface area (Å²) in [4.78, 5) is 30.3. The maximum absolute atomic E-state index is 11.3. The molecular weight excluding hydrogens is 244 g/mol.